The lowest BCUT2D eigenvalue weighted by Gasteiger charge is -2.32. The summed E-state index contributed by atoms with van der Waals surface area (Å²) in [6.45, 7) is 2.11. The molecule has 23 heavy (non-hydrogen) atoms. The van der Waals surface area contributed by atoms with E-state index in [-0.39, 0.29) is 23.9 Å². The number of nitro groups is 1. The zero-order valence-corrected chi connectivity index (χ0v) is 12.7. The van der Waals surface area contributed by atoms with Gasteiger partial charge in [-0.1, -0.05) is 12.1 Å². The number of nitrogens with zero attached hydrogens (tertiary/aromatic N) is 2. The highest BCUT2D eigenvalue weighted by molar-refractivity contribution is 5.82. The molecule has 1 aromatic rings. The normalized spacial score (nSPS) is 19.0. The molecule has 1 N–H and O–H groups in total. The lowest BCUT2D eigenvalue weighted by Crippen LogP contribution is -2.47. The highest BCUT2D eigenvalue weighted by atomic mass is 16.6. The van der Waals surface area contributed by atoms with Gasteiger partial charge in [-0.3, -0.25) is 19.7 Å². The minimum atomic E-state index is -0.927. The first-order chi connectivity index (χ1) is 10.9. The van der Waals surface area contributed by atoms with E-state index in [1.54, 1.807) is 6.07 Å². The highest BCUT2D eigenvalue weighted by Gasteiger charge is 2.31. The molecule has 8 nitrogen and oxygen atoms in total. The van der Waals surface area contributed by atoms with Gasteiger partial charge in [0.1, 0.15) is 0 Å². The second-order valence-corrected chi connectivity index (χ2v) is 5.45. The van der Waals surface area contributed by atoms with Crippen LogP contribution in [0, 0.1) is 16.0 Å². The summed E-state index contributed by atoms with van der Waals surface area (Å²) in [6.07, 6.45) is 0.225. The second kappa shape index (κ2) is 7.08. The fraction of sp³-hybridized carbons (Fsp3) is 0.467. The van der Waals surface area contributed by atoms with Gasteiger partial charge in [-0.15, -0.1) is 0 Å². The molecule has 2 unspecified atom stereocenters. The van der Waals surface area contributed by atoms with Crippen molar-refractivity contribution in [2.24, 2.45) is 5.92 Å². The summed E-state index contributed by atoms with van der Waals surface area (Å²) in [5.41, 5.74) is -0.214. The van der Waals surface area contributed by atoms with E-state index >= 15 is 0 Å². The van der Waals surface area contributed by atoms with E-state index < -0.39 is 22.9 Å². The summed E-state index contributed by atoms with van der Waals surface area (Å²) >= 11 is 0. The number of piperidine rings is 1. The number of para-hydroxylation sites is 2. The van der Waals surface area contributed by atoms with Crippen LogP contribution < -0.4 is 4.74 Å². The summed E-state index contributed by atoms with van der Waals surface area (Å²) in [5.74, 6) is -1.85. The topological polar surface area (TPSA) is 110 Å². The number of ether oxygens (including phenoxy) is 1. The molecule has 0 spiro atoms. The number of amides is 1. The fourth-order valence-electron chi connectivity index (χ4n) is 2.58. The van der Waals surface area contributed by atoms with Crippen molar-refractivity contribution >= 4 is 17.6 Å². The third kappa shape index (κ3) is 3.97. The van der Waals surface area contributed by atoms with Crippen molar-refractivity contribution in [3.8, 4) is 5.75 Å². The lowest BCUT2D eigenvalue weighted by atomic mass is 9.98. The number of rotatable bonds is 5. The number of carboxylic acids is 1. The zero-order valence-electron chi connectivity index (χ0n) is 12.7. The van der Waals surface area contributed by atoms with Crippen LogP contribution in [0.15, 0.2) is 24.3 Å². The van der Waals surface area contributed by atoms with Crippen molar-refractivity contribution in [2.45, 2.75) is 25.9 Å². The molecule has 2 atom stereocenters. The Morgan fingerprint density at radius 3 is 2.78 bits per heavy atom. The average Bonchev–Trinajstić information content (AvgIpc) is 2.54. The Balaban J connectivity index is 2.06. The maximum atomic E-state index is 12.4. The molecule has 1 aromatic carbocycles. The molecule has 0 aromatic heterocycles. The number of hydrogen-bond donors (Lipinski definition) is 1. The van der Waals surface area contributed by atoms with E-state index in [2.05, 4.69) is 0 Å². The molecule has 0 saturated carbocycles. The van der Waals surface area contributed by atoms with Gasteiger partial charge in [-0.2, -0.15) is 0 Å². The monoisotopic (exact) mass is 322 g/mol. The Labute approximate surface area is 132 Å². The maximum absolute atomic E-state index is 12.4. The molecule has 8 heteroatoms. The number of carboxylic acid groups (broad SMARTS) is 1. The van der Waals surface area contributed by atoms with Gasteiger partial charge in [-0.25, -0.2) is 0 Å². The highest BCUT2D eigenvalue weighted by Crippen LogP contribution is 2.27. The Morgan fingerprint density at radius 1 is 1.43 bits per heavy atom. The first-order valence-electron chi connectivity index (χ1n) is 7.32. The lowest BCUT2D eigenvalue weighted by molar-refractivity contribution is -0.386. The van der Waals surface area contributed by atoms with Crippen molar-refractivity contribution in [3.05, 3.63) is 34.4 Å². The van der Waals surface area contributed by atoms with E-state index in [9.17, 15) is 19.7 Å². The molecular formula is C15H18N2O6. The van der Waals surface area contributed by atoms with Crippen LogP contribution in [0.1, 0.15) is 19.8 Å². The minimum absolute atomic E-state index is 0.0187. The van der Waals surface area contributed by atoms with Crippen LogP contribution in [-0.2, 0) is 9.59 Å². The van der Waals surface area contributed by atoms with E-state index in [4.69, 9.17) is 9.84 Å². The van der Waals surface area contributed by atoms with Gasteiger partial charge in [0.05, 0.1) is 10.8 Å². The molecular weight excluding hydrogens is 304 g/mol. The molecule has 1 aliphatic rings. The molecule has 1 heterocycles. The number of carbonyl (C=O) groups is 2. The molecule has 124 valence electrons. The predicted molar refractivity (Wildman–Crippen MR) is 80.1 cm³/mol. The van der Waals surface area contributed by atoms with Crippen LogP contribution >= 0.6 is 0 Å². The largest absolute Gasteiger partial charge is 0.481 e. The van der Waals surface area contributed by atoms with Crippen LogP contribution in [0.5, 0.6) is 5.75 Å². The van der Waals surface area contributed by atoms with E-state index in [1.165, 1.54) is 30.0 Å². The van der Waals surface area contributed by atoms with E-state index in [0.29, 0.717) is 19.4 Å². The standard InChI is InChI=1S/C15H18N2O6/c1-10(23-13-7-3-2-6-12(13)17(21)22)14(18)16-8-4-5-11(9-16)15(19)20/h2-3,6-7,10-11H,4-5,8-9H2,1H3,(H,19,20). The fourth-order valence-corrected chi connectivity index (χ4v) is 2.58. The molecule has 1 aliphatic heterocycles. The SMILES string of the molecule is CC(Oc1ccccc1[N+](=O)[O-])C(=O)N1CCCC(C(=O)O)C1. The second-order valence-electron chi connectivity index (χ2n) is 5.45. The number of hydrogen-bond acceptors (Lipinski definition) is 5. The number of likely N-dealkylation sites (tertiary alicyclic amines) is 1. The van der Waals surface area contributed by atoms with Crippen LogP contribution in [0.3, 0.4) is 0 Å². The van der Waals surface area contributed by atoms with Crippen LogP contribution in [0.25, 0.3) is 0 Å². The number of nitro benzene ring substituents is 1. The van der Waals surface area contributed by atoms with Gasteiger partial charge in [0, 0.05) is 19.2 Å². The molecule has 1 saturated heterocycles. The van der Waals surface area contributed by atoms with E-state index in [0.717, 1.165) is 0 Å². The first-order valence-corrected chi connectivity index (χ1v) is 7.32. The van der Waals surface area contributed by atoms with Gasteiger partial charge in [-0.05, 0) is 25.8 Å². The molecule has 0 radical (unpaired) electrons. The molecule has 2 rings (SSSR count). The number of benzene rings is 1. The predicted octanol–water partition coefficient (Wildman–Crippen LogP) is 1.69. The zero-order chi connectivity index (χ0) is 17.0. The van der Waals surface area contributed by atoms with Gasteiger partial charge in [0.15, 0.2) is 11.9 Å². The minimum Gasteiger partial charge on any atom is -0.481 e. The Hall–Kier alpha value is -2.64. The van der Waals surface area contributed by atoms with Crippen LogP contribution in [-0.4, -0.2) is 46.0 Å². The molecule has 0 aliphatic carbocycles. The maximum Gasteiger partial charge on any atom is 0.310 e. The third-order valence-electron chi connectivity index (χ3n) is 3.80. The number of carbonyl (C=O) groups excluding carboxylic acids is 1. The summed E-state index contributed by atoms with van der Waals surface area (Å²) in [4.78, 5) is 35.3. The van der Waals surface area contributed by atoms with Crippen molar-refractivity contribution in [3.63, 3.8) is 0 Å². The first kappa shape index (κ1) is 16.7. The summed E-state index contributed by atoms with van der Waals surface area (Å²) < 4.78 is 5.44. The van der Waals surface area contributed by atoms with Crippen molar-refractivity contribution in [1.29, 1.82) is 0 Å². The Kier molecular flexibility index (Phi) is 5.15. The van der Waals surface area contributed by atoms with Gasteiger partial charge in [0.2, 0.25) is 0 Å². The quantitative estimate of drug-likeness (QED) is 0.652. The van der Waals surface area contributed by atoms with Crippen molar-refractivity contribution in [2.75, 3.05) is 13.1 Å². The van der Waals surface area contributed by atoms with Crippen LogP contribution in [0.2, 0.25) is 0 Å². The Bertz CT molecular complexity index is 618. The molecule has 1 fully saturated rings. The number of aliphatic carboxylic acids is 1. The van der Waals surface area contributed by atoms with Crippen molar-refractivity contribution in [1.82, 2.24) is 4.90 Å². The van der Waals surface area contributed by atoms with Crippen LogP contribution in [0.4, 0.5) is 5.69 Å². The summed E-state index contributed by atoms with van der Waals surface area (Å²) in [5, 5.41) is 20.0. The van der Waals surface area contributed by atoms with Gasteiger partial charge in [0.25, 0.3) is 5.91 Å². The average molecular weight is 322 g/mol. The summed E-state index contributed by atoms with van der Waals surface area (Å²) in [6, 6.07) is 5.83. The van der Waals surface area contributed by atoms with Gasteiger partial charge < -0.3 is 14.7 Å². The smallest absolute Gasteiger partial charge is 0.310 e. The van der Waals surface area contributed by atoms with Crippen molar-refractivity contribution < 1.29 is 24.4 Å². The molecule has 1 amide bonds. The van der Waals surface area contributed by atoms with E-state index in [1.807, 2.05) is 0 Å². The summed E-state index contributed by atoms with van der Waals surface area (Å²) in [7, 11) is 0. The third-order valence-corrected chi connectivity index (χ3v) is 3.80. The molecule has 0 bridgehead atoms. The Morgan fingerprint density at radius 2 is 2.13 bits per heavy atom. The van der Waals surface area contributed by atoms with Gasteiger partial charge >= 0.3 is 11.7 Å².